The number of carbonyl (C=O) groups excluding carboxylic acids is 1. The van der Waals surface area contributed by atoms with Crippen LogP contribution in [-0.4, -0.2) is 16.7 Å². The molecule has 0 bridgehead atoms. The van der Waals surface area contributed by atoms with Crippen LogP contribution in [0.25, 0.3) is 10.9 Å². The molecule has 84 valence electrons. The largest absolute Gasteiger partial charge is 0.349 e. The minimum atomic E-state index is -0.649. The molecule has 0 unspecified atom stereocenters. The van der Waals surface area contributed by atoms with Gasteiger partial charge in [-0.3, -0.25) is 0 Å². The summed E-state index contributed by atoms with van der Waals surface area (Å²) >= 11 is 4.30. The van der Waals surface area contributed by atoms with Crippen LogP contribution in [-0.2, 0) is 4.79 Å². The maximum atomic E-state index is 11.4. The first-order valence-corrected chi connectivity index (χ1v) is 5.31. The van der Waals surface area contributed by atoms with Crippen LogP contribution in [0.3, 0.4) is 0 Å². The maximum absolute atomic E-state index is 11.4. The van der Waals surface area contributed by atoms with Gasteiger partial charge in [-0.1, -0.05) is 18.2 Å². The van der Waals surface area contributed by atoms with Gasteiger partial charge in [0.1, 0.15) is 6.04 Å². The zero-order valence-electron chi connectivity index (χ0n) is 8.75. The van der Waals surface area contributed by atoms with Gasteiger partial charge in [0.15, 0.2) is 0 Å². The third-order valence-corrected chi connectivity index (χ3v) is 2.57. The second-order valence-corrected chi connectivity index (χ2v) is 4.04. The smallest absolute Gasteiger partial charge is 0.335 e. The fourth-order valence-corrected chi connectivity index (χ4v) is 1.68. The summed E-state index contributed by atoms with van der Waals surface area (Å²) in [6.07, 6.45) is 1.65. The molecule has 0 aliphatic carbocycles. The van der Waals surface area contributed by atoms with Crippen molar-refractivity contribution in [3.8, 4) is 0 Å². The van der Waals surface area contributed by atoms with Gasteiger partial charge in [0.2, 0.25) is 0 Å². The lowest BCUT2D eigenvalue weighted by atomic mass is 10.2. The average Bonchev–Trinajstić information content (AvgIpc) is 2.57. The molecule has 0 radical (unpaired) electrons. The predicted molar refractivity (Wildman–Crippen MR) is 64.4 cm³/mol. The topological polar surface area (TPSA) is 57.3 Å². The molecular formula is C11H12N2O2S. The van der Waals surface area contributed by atoms with E-state index in [1.165, 1.54) is 4.73 Å². The SMILES string of the molecule is C[C@H](N)C(=O)On1cc(S)c2ccccc21. The Hall–Kier alpha value is -1.46. The van der Waals surface area contributed by atoms with Crippen LogP contribution in [0.5, 0.6) is 0 Å². The minimum absolute atomic E-state index is 0.478. The Balaban J connectivity index is 2.42. The molecule has 0 saturated carbocycles. The van der Waals surface area contributed by atoms with E-state index in [0.29, 0.717) is 0 Å². The first-order chi connectivity index (χ1) is 7.59. The van der Waals surface area contributed by atoms with Crippen molar-refractivity contribution in [2.45, 2.75) is 17.9 Å². The predicted octanol–water partition coefficient (Wildman–Crippen LogP) is 1.23. The fraction of sp³-hybridized carbons (Fsp3) is 0.182. The average molecular weight is 236 g/mol. The van der Waals surface area contributed by atoms with Crippen LogP contribution in [0, 0.1) is 0 Å². The molecule has 5 heteroatoms. The van der Waals surface area contributed by atoms with Crippen molar-refractivity contribution in [3.63, 3.8) is 0 Å². The van der Waals surface area contributed by atoms with Crippen molar-refractivity contribution >= 4 is 29.5 Å². The summed E-state index contributed by atoms with van der Waals surface area (Å²) in [7, 11) is 0. The van der Waals surface area contributed by atoms with Crippen LogP contribution in [0.1, 0.15) is 6.92 Å². The normalized spacial score (nSPS) is 12.7. The second kappa shape index (κ2) is 4.19. The van der Waals surface area contributed by atoms with Crippen molar-refractivity contribution in [1.82, 2.24) is 4.73 Å². The monoisotopic (exact) mass is 236 g/mol. The molecule has 1 heterocycles. The lowest BCUT2D eigenvalue weighted by Crippen LogP contribution is -2.34. The van der Waals surface area contributed by atoms with Crippen molar-refractivity contribution in [3.05, 3.63) is 30.5 Å². The molecule has 0 fully saturated rings. The number of nitrogens with zero attached hydrogens (tertiary/aromatic N) is 1. The highest BCUT2D eigenvalue weighted by molar-refractivity contribution is 7.80. The summed E-state index contributed by atoms with van der Waals surface area (Å²) in [5, 5.41) is 0.934. The van der Waals surface area contributed by atoms with Crippen molar-refractivity contribution in [2.24, 2.45) is 5.73 Å². The molecule has 0 saturated heterocycles. The van der Waals surface area contributed by atoms with Crippen LogP contribution in [0.4, 0.5) is 0 Å². The van der Waals surface area contributed by atoms with Gasteiger partial charge < -0.3 is 10.6 Å². The number of rotatable bonds is 2. The highest BCUT2D eigenvalue weighted by atomic mass is 32.1. The molecule has 16 heavy (non-hydrogen) atoms. The number of nitrogens with two attached hydrogens (primary N) is 1. The van der Waals surface area contributed by atoms with Gasteiger partial charge in [-0.15, -0.1) is 12.6 Å². The molecule has 4 nitrogen and oxygen atoms in total. The standard InChI is InChI=1S/C11H12N2O2S/c1-7(12)11(14)15-13-6-10(16)8-4-2-3-5-9(8)13/h2-7,16H,12H2,1H3/t7-/m0/s1. The van der Waals surface area contributed by atoms with Gasteiger partial charge in [-0.25, -0.2) is 4.79 Å². The van der Waals surface area contributed by atoms with Crippen LogP contribution in [0.15, 0.2) is 35.4 Å². The summed E-state index contributed by atoms with van der Waals surface area (Å²) in [6.45, 7) is 1.58. The third kappa shape index (κ3) is 1.91. The maximum Gasteiger partial charge on any atom is 0.349 e. The molecule has 1 atom stereocenters. The minimum Gasteiger partial charge on any atom is -0.335 e. The van der Waals surface area contributed by atoms with E-state index in [0.717, 1.165) is 15.8 Å². The van der Waals surface area contributed by atoms with E-state index in [1.54, 1.807) is 13.1 Å². The number of para-hydroxylation sites is 1. The fourth-order valence-electron chi connectivity index (χ4n) is 1.39. The van der Waals surface area contributed by atoms with Gasteiger partial charge in [-0.2, -0.15) is 4.73 Å². The Kier molecular flexibility index (Phi) is 2.89. The molecule has 2 N–H and O–H groups in total. The van der Waals surface area contributed by atoms with Crippen molar-refractivity contribution in [2.75, 3.05) is 0 Å². The van der Waals surface area contributed by atoms with Crippen LogP contribution in [0.2, 0.25) is 0 Å². The molecule has 0 spiro atoms. The number of hydrogen-bond donors (Lipinski definition) is 2. The quantitative estimate of drug-likeness (QED) is 0.771. The lowest BCUT2D eigenvalue weighted by molar-refractivity contribution is -0.144. The summed E-state index contributed by atoms with van der Waals surface area (Å²) < 4.78 is 1.39. The van der Waals surface area contributed by atoms with Gasteiger partial charge >= 0.3 is 5.97 Å². The molecular weight excluding hydrogens is 224 g/mol. The Labute approximate surface area is 98.4 Å². The van der Waals surface area contributed by atoms with Gasteiger partial charge in [0.25, 0.3) is 0 Å². The van der Waals surface area contributed by atoms with Crippen LogP contribution < -0.4 is 10.6 Å². The number of thiol groups is 1. The van der Waals surface area contributed by atoms with E-state index in [2.05, 4.69) is 12.6 Å². The van der Waals surface area contributed by atoms with Gasteiger partial charge in [0, 0.05) is 10.3 Å². The zero-order chi connectivity index (χ0) is 11.7. The second-order valence-electron chi connectivity index (χ2n) is 3.56. The van der Waals surface area contributed by atoms with E-state index in [-0.39, 0.29) is 0 Å². The summed E-state index contributed by atoms with van der Waals surface area (Å²) in [4.78, 5) is 17.2. The Morgan fingerprint density at radius 2 is 2.19 bits per heavy atom. The van der Waals surface area contributed by atoms with Gasteiger partial charge in [-0.05, 0) is 13.0 Å². The Morgan fingerprint density at radius 1 is 1.50 bits per heavy atom. The molecule has 0 aliphatic heterocycles. The molecule has 1 aromatic carbocycles. The van der Waals surface area contributed by atoms with E-state index in [1.807, 2.05) is 24.3 Å². The Morgan fingerprint density at radius 3 is 2.88 bits per heavy atom. The third-order valence-electron chi connectivity index (χ3n) is 2.22. The van der Waals surface area contributed by atoms with E-state index >= 15 is 0 Å². The molecule has 2 aromatic rings. The number of hydrogen-bond acceptors (Lipinski definition) is 4. The first kappa shape index (κ1) is 11.0. The number of benzene rings is 1. The Bertz CT molecular complexity index is 534. The molecule has 0 aliphatic rings. The number of carbonyl (C=O) groups is 1. The highest BCUT2D eigenvalue weighted by Crippen LogP contribution is 2.22. The molecule has 1 aromatic heterocycles. The highest BCUT2D eigenvalue weighted by Gasteiger charge is 2.13. The zero-order valence-corrected chi connectivity index (χ0v) is 9.65. The molecule has 2 rings (SSSR count). The summed E-state index contributed by atoms with van der Waals surface area (Å²) in [5.74, 6) is -0.478. The van der Waals surface area contributed by atoms with Gasteiger partial charge in [0.05, 0.1) is 11.7 Å². The van der Waals surface area contributed by atoms with Crippen molar-refractivity contribution < 1.29 is 9.63 Å². The lowest BCUT2D eigenvalue weighted by Gasteiger charge is -2.07. The van der Waals surface area contributed by atoms with E-state index in [9.17, 15) is 4.79 Å². The summed E-state index contributed by atoms with van der Waals surface area (Å²) in [5.41, 5.74) is 6.22. The van der Waals surface area contributed by atoms with E-state index in [4.69, 9.17) is 10.6 Å². The molecule has 0 amide bonds. The summed E-state index contributed by atoms with van der Waals surface area (Å²) in [6, 6.07) is 6.88. The first-order valence-electron chi connectivity index (χ1n) is 4.86. The number of aromatic nitrogens is 1. The van der Waals surface area contributed by atoms with E-state index < -0.39 is 12.0 Å². The van der Waals surface area contributed by atoms with Crippen molar-refractivity contribution in [1.29, 1.82) is 0 Å². The number of fused-ring (bicyclic) bond motifs is 1. The van der Waals surface area contributed by atoms with Crippen LogP contribution >= 0.6 is 12.6 Å².